The summed E-state index contributed by atoms with van der Waals surface area (Å²) in [5.74, 6) is 0.0379. The van der Waals surface area contributed by atoms with Crippen LogP contribution in [0.2, 0.25) is 0 Å². The highest BCUT2D eigenvalue weighted by Crippen LogP contribution is 2.36. The zero-order valence-electron chi connectivity index (χ0n) is 10.9. The highest BCUT2D eigenvalue weighted by atomic mass is 79.9. The summed E-state index contributed by atoms with van der Waals surface area (Å²) in [5.41, 5.74) is 2.35. The number of Topliss-reactive ketones (excluding diaryl/α,β-unsaturated/α-hetero) is 1. The van der Waals surface area contributed by atoms with Crippen LogP contribution in [-0.2, 0) is 0 Å². The van der Waals surface area contributed by atoms with Gasteiger partial charge in [0.1, 0.15) is 5.82 Å². The van der Waals surface area contributed by atoms with Crippen molar-refractivity contribution in [3.05, 3.63) is 64.1 Å². The van der Waals surface area contributed by atoms with Crippen molar-refractivity contribution in [1.82, 2.24) is 9.55 Å². The van der Waals surface area contributed by atoms with Gasteiger partial charge in [0.2, 0.25) is 5.78 Å². The van der Waals surface area contributed by atoms with Crippen molar-refractivity contribution >= 4 is 32.7 Å². The lowest BCUT2D eigenvalue weighted by Gasteiger charge is -2.14. The molecule has 0 amide bonds. The predicted molar refractivity (Wildman–Crippen MR) is 80.9 cm³/mol. The molecule has 0 aliphatic carbocycles. The number of benzene rings is 2. The van der Waals surface area contributed by atoms with Crippen molar-refractivity contribution < 1.29 is 9.18 Å². The fraction of sp³-hybridized carbons (Fsp3) is 0.125. The van der Waals surface area contributed by atoms with Crippen molar-refractivity contribution in [1.29, 1.82) is 0 Å². The molecule has 0 saturated carbocycles. The Kier molecular flexibility index (Phi) is 2.72. The summed E-state index contributed by atoms with van der Waals surface area (Å²) in [6.07, 6.45) is 0.400. The normalized spacial score (nSPS) is 17.4. The highest BCUT2D eigenvalue weighted by Gasteiger charge is 2.33. The van der Waals surface area contributed by atoms with Crippen molar-refractivity contribution in [2.24, 2.45) is 0 Å². The number of aromatic nitrogens is 2. The predicted octanol–water partition coefficient (Wildman–Crippen LogP) is 4.11. The van der Waals surface area contributed by atoms with E-state index in [0.717, 1.165) is 11.1 Å². The Labute approximate surface area is 128 Å². The molecule has 104 valence electrons. The molecule has 1 aromatic heterocycles. The third-order valence-electron chi connectivity index (χ3n) is 3.86. The van der Waals surface area contributed by atoms with Gasteiger partial charge in [0.05, 0.1) is 21.5 Å². The van der Waals surface area contributed by atoms with Gasteiger partial charge in [-0.3, -0.25) is 4.79 Å². The van der Waals surface area contributed by atoms with E-state index in [0.29, 0.717) is 22.2 Å². The van der Waals surface area contributed by atoms with Crippen molar-refractivity contribution in [2.45, 2.75) is 12.5 Å². The molecule has 1 atom stereocenters. The second-order valence-corrected chi connectivity index (χ2v) is 5.97. The molecule has 3 aromatic rings. The zero-order valence-corrected chi connectivity index (χ0v) is 12.5. The number of carbonyl (C=O) groups excluding carboxylic acids is 1. The lowest BCUT2D eigenvalue weighted by Crippen LogP contribution is -2.05. The number of rotatable bonds is 1. The number of hydrogen-bond acceptors (Lipinski definition) is 2. The molecule has 0 N–H and O–H groups in total. The lowest BCUT2D eigenvalue weighted by molar-refractivity contribution is 0.0987. The highest BCUT2D eigenvalue weighted by molar-refractivity contribution is 9.10. The summed E-state index contributed by atoms with van der Waals surface area (Å²) in [4.78, 5) is 16.5. The standard InChI is InChI=1S/C16H10BrFN2O/c17-10-6-14-12(7-11(10)18)19-16-15(21)8-13(20(14)16)9-4-2-1-3-5-9/h1-7,13H,8H2. The Morgan fingerprint density at radius 3 is 2.76 bits per heavy atom. The van der Waals surface area contributed by atoms with Gasteiger partial charge in [-0.15, -0.1) is 0 Å². The first kappa shape index (κ1) is 12.7. The van der Waals surface area contributed by atoms with Crippen LogP contribution in [0.25, 0.3) is 11.0 Å². The van der Waals surface area contributed by atoms with Crippen LogP contribution in [0.1, 0.15) is 28.6 Å². The molecular formula is C16H10BrFN2O. The monoisotopic (exact) mass is 344 g/mol. The van der Waals surface area contributed by atoms with E-state index in [1.165, 1.54) is 6.07 Å². The Morgan fingerprint density at radius 1 is 1.24 bits per heavy atom. The van der Waals surface area contributed by atoms with Gasteiger partial charge < -0.3 is 4.57 Å². The molecule has 0 bridgehead atoms. The molecule has 2 aromatic carbocycles. The van der Waals surface area contributed by atoms with Crippen LogP contribution in [0.5, 0.6) is 0 Å². The Hall–Kier alpha value is -2.01. The van der Waals surface area contributed by atoms with E-state index in [-0.39, 0.29) is 17.6 Å². The van der Waals surface area contributed by atoms with Crippen molar-refractivity contribution in [2.75, 3.05) is 0 Å². The minimum absolute atomic E-state index is 0.00316. The lowest BCUT2D eigenvalue weighted by atomic mass is 10.0. The maximum atomic E-state index is 13.6. The van der Waals surface area contributed by atoms with Crippen LogP contribution in [0, 0.1) is 5.82 Å². The number of nitrogens with zero attached hydrogens (tertiary/aromatic N) is 2. The number of halogens is 2. The largest absolute Gasteiger partial charge is 0.313 e. The van der Waals surface area contributed by atoms with E-state index in [1.807, 2.05) is 34.9 Å². The smallest absolute Gasteiger partial charge is 0.200 e. The van der Waals surface area contributed by atoms with Gasteiger partial charge >= 0.3 is 0 Å². The molecule has 0 saturated heterocycles. The van der Waals surface area contributed by atoms with Gasteiger partial charge in [-0.05, 0) is 27.6 Å². The van der Waals surface area contributed by atoms with Gasteiger partial charge in [-0.1, -0.05) is 30.3 Å². The molecule has 0 spiro atoms. The van der Waals surface area contributed by atoms with Crippen LogP contribution in [-0.4, -0.2) is 15.3 Å². The average Bonchev–Trinajstić information content (AvgIpc) is 2.99. The average molecular weight is 345 g/mol. The summed E-state index contributed by atoms with van der Waals surface area (Å²) < 4.78 is 15.9. The molecule has 5 heteroatoms. The molecule has 4 rings (SSSR count). The first-order chi connectivity index (χ1) is 10.1. The minimum atomic E-state index is -0.372. The van der Waals surface area contributed by atoms with Gasteiger partial charge in [0.25, 0.3) is 0 Å². The fourth-order valence-corrected chi connectivity index (χ4v) is 3.23. The van der Waals surface area contributed by atoms with Gasteiger partial charge in [-0.25, -0.2) is 9.37 Å². The summed E-state index contributed by atoms with van der Waals surface area (Å²) in [6.45, 7) is 0. The second kappa shape index (κ2) is 4.49. The van der Waals surface area contributed by atoms with Gasteiger partial charge in [-0.2, -0.15) is 0 Å². The third-order valence-corrected chi connectivity index (χ3v) is 4.46. The van der Waals surface area contributed by atoms with E-state index in [9.17, 15) is 9.18 Å². The number of hydrogen-bond donors (Lipinski definition) is 0. The number of ketones is 1. The Morgan fingerprint density at radius 2 is 2.00 bits per heavy atom. The van der Waals surface area contributed by atoms with E-state index >= 15 is 0 Å². The minimum Gasteiger partial charge on any atom is -0.313 e. The van der Waals surface area contributed by atoms with Crippen LogP contribution in [0.15, 0.2) is 46.9 Å². The number of carbonyl (C=O) groups is 1. The summed E-state index contributed by atoms with van der Waals surface area (Å²) in [7, 11) is 0. The third kappa shape index (κ3) is 1.84. The summed E-state index contributed by atoms with van der Waals surface area (Å²) >= 11 is 3.20. The van der Waals surface area contributed by atoms with E-state index in [1.54, 1.807) is 6.07 Å². The van der Waals surface area contributed by atoms with E-state index in [2.05, 4.69) is 20.9 Å². The fourth-order valence-electron chi connectivity index (χ4n) is 2.90. The molecule has 21 heavy (non-hydrogen) atoms. The van der Waals surface area contributed by atoms with E-state index < -0.39 is 0 Å². The maximum absolute atomic E-state index is 13.6. The van der Waals surface area contributed by atoms with Crippen LogP contribution < -0.4 is 0 Å². The molecular weight excluding hydrogens is 335 g/mol. The quantitative estimate of drug-likeness (QED) is 0.665. The molecule has 2 heterocycles. The Bertz CT molecular complexity index is 873. The van der Waals surface area contributed by atoms with Crippen LogP contribution >= 0.6 is 15.9 Å². The molecule has 1 aliphatic heterocycles. The van der Waals surface area contributed by atoms with Crippen molar-refractivity contribution in [3.63, 3.8) is 0 Å². The van der Waals surface area contributed by atoms with Crippen molar-refractivity contribution in [3.8, 4) is 0 Å². The molecule has 1 aliphatic rings. The van der Waals surface area contributed by atoms with E-state index in [4.69, 9.17) is 0 Å². The molecule has 0 fully saturated rings. The Balaban J connectivity index is 1.99. The topological polar surface area (TPSA) is 34.9 Å². The first-order valence-electron chi connectivity index (χ1n) is 6.60. The summed E-state index contributed by atoms with van der Waals surface area (Å²) in [5, 5.41) is 0. The van der Waals surface area contributed by atoms with Gasteiger partial charge in [0, 0.05) is 12.5 Å². The zero-order chi connectivity index (χ0) is 14.6. The number of fused-ring (bicyclic) bond motifs is 3. The van der Waals surface area contributed by atoms with Crippen LogP contribution in [0.3, 0.4) is 0 Å². The second-order valence-electron chi connectivity index (χ2n) is 5.11. The maximum Gasteiger partial charge on any atom is 0.200 e. The first-order valence-corrected chi connectivity index (χ1v) is 7.39. The summed E-state index contributed by atoms with van der Waals surface area (Å²) in [6, 6.07) is 12.8. The molecule has 1 unspecified atom stereocenters. The molecule has 0 radical (unpaired) electrons. The van der Waals surface area contributed by atoms with Gasteiger partial charge in [0.15, 0.2) is 5.82 Å². The van der Waals surface area contributed by atoms with Crippen LogP contribution in [0.4, 0.5) is 4.39 Å². The molecule has 3 nitrogen and oxygen atoms in total. The number of imidazole rings is 1. The SMILES string of the molecule is O=C1CC(c2ccccc2)n2c1nc1cc(F)c(Br)cc12.